The molecule has 3 N–H and O–H groups in total. The van der Waals surface area contributed by atoms with Crippen molar-refractivity contribution in [3.05, 3.63) is 24.4 Å². The minimum absolute atomic E-state index is 0.329. The minimum atomic E-state index is -0.733. The van der Waals surface area contributed by atoms with Crippen LogP contribution in [0.15, 0.2) is 24.4 Å². The van der Waals surface area contributed by atoms with Crippen molar-refractivity contribution < 1.29 is 9.53 Å². The number of primary amides is 1. The molecule has 1 aromatic heterocycles. The minimum Gasteiger partial charge on any atom is -0.450 e. The number of hydrogen-bond acceptors (Lipinski definition) is 4. The molecule has 14 heavy (non-hydrogen) atoms. The second kappa shape index (κ2) is 5.80. The molecule has 5 nitrogen and oxygen atoms in total. The van der Waals surface area contributed by atoms with E-state index < -0.39 is 6.09 Å². The fraction of sp³-hybridized carbons (Fsp3) is 0.333. The van der Waals surface area contributed by atoms with Crippen molar-refractivity contribution in [2.45, 2.75) is 6.42 Å². The van der Waals surface area contributed by atoms with Gasteiger partial charge in [0, 0.05) is 12.7 Å². The average Bonchev–Trinajstić information content (AvgIpc) is 2.18. The number of rotatable bonds is 5. The summed E-state index contributed by atoms with van der Waals surface area (Å²) in [5, 5.41) is 3.08. The summed E-state index contributed by atoms with van der Waals surface area (Å²) in [4.78, 5) is 14.3. The molecule has 0 unspecified atom stereocenters. The molecule has 1 aromatic rings. The molecule has 0 aromatic carbocycles. The molecule has 1 heterocycles. The zero-order chi connectivity index (χ0) is 10.2. The SMILES string of the molecule is NC(=O)OCCCNc1ccccn1. The molecule has 0 spiro atoms. The third-order valence-corrected chi connectivity index (χ3v) is 1.54. The molecule has 0 aliphatic rings. The van der Waals surface area contributed by atoms with Gasteiger partial charge in [-0.3, -0.25) is 0 Å². The Morgan fingerprint density at radius 2 is 2.43 bits per heavy atom. The van der Waals surface area contributed by atoms with Crippen LogP contribution in [0.3, 0.4) is 0 Å². The van der Waals surface area contributed by atoms with E-state index in [0.29, 0.717) is 19.6 Å². The predicted octanol–water partition coefficient (Wildman–Crippen LogP) is 0.979. The average molecular weight is 195 g/mol. The number of amides is 1. The monoisotopic (exact) mass is 195 g/mol. The molecule has 0 saturated heterocycles. The molecule has 0 saturated carbocycles. The zero-order valence-corrected chi connectivity index (χ0v) is 7.77. The van der Waals surface area contributed by atoms with Crippen molar-refractivity contribution in [2.24, 2.45) is 5.73 Å². The van der Waals surface area contributed by atoms with Gasteiger partial charge in [-0.25, -0.2) is 9.78 Å². The van der Waals surface area contributed by atoms with Gasteiger partial charge in [0.05, 0.1) is 6.61 Å². The number of nitrogens with zero attached hydrogens (tertiary/aromatic N) is 1. The fourth-order valence-corrected chi connectivity index (χ4v) is 0.929. The Morgan fingerprint density at radius 1 is 1.57 bits per heavy atom. The van der Waals surface area contributed by atoms with Crippen LogP contribution in [0.5, 0.6) is 0 Å². The number of carbonyl (C=O) groups is 1. The van der Waals surface area contributed by atoms with Crippen LogP contribution in [0.2, 0.25) is 0 Å². The number of aromatic nitrogens is 1. The number of pyridine rings is 1. The third kappa shape index (κ3) is 4.30. The Balaban J connectivity index is 2.08. The van der Waals surface area contributed by atoms with Crippen LogP contribution in [0.25, 0.3) is 0 Å². The van der Waals surface area contributed by atoms with Gasteiger partial charge in [0.2, 0.25) is 0 Å². The molecule has 0 atom stereocenters. The summed E-state index contributed by atoms with van der Waals surface area (Å²) >= 11 is 0. The Labute approximate surface area is 82.3 Å². The molecule has 76 valence electrons. The highest BCUT2D eigenvalue weighted by molar-refractivity contribution is 5.64. The predicted molar refractivity (Wildman–Crippen MR) is 52.9 cm³/mol. The van der Waals surface area contributed by atoms with E-state index in [4.69, 9.17) is 5.73 Å². The lowest BCUT2D eigenvalue weighted by Gasteiger charge is -2.04. The Hall–Kier alpha value is -1.78. The first-order valence-electron chi connectivity index (χ1n) is 4.36. The van der Waals surface area contributed by atoms with Crippen molar-refractivity contribution in [1.29, 1.82) is 0 Å². The molecule has 0 radical (unpaired) electrons. The molecule has 5 heteroatoms. The first kappa shape index (κ1) is 10.3. The van der Waals surface area contributed by atoms with E-state index in [2.05, 4.69) is 15.0 Å². The third-order valence-electron chi connectivity index (χ3n) is 1.54. The summed E-state index contributed by atoms with van der Waals surface area (Å²) < 4.78 is 4.56. The summed E-state index contributed by atoms with van der Waals surface area (Å²) in [6, 6.07) is 5.62. The summed E-state index contributed by atoms with van der Waals surface area (Å²) in [5.74, 6) is 0.812. The quantitative estimate of drug-likeness (QED) is 0.686. The van der Waals surface area contributed by atoms with Gasteiger partial charge in [-0.2, -0.15) is 0 Å². The standard InChI is InChI=1S/C9H13N3O2/c10-9(13)14-7-3-6-12-8-4-1-2-5-11-8/h1-2,4-5H,3,6-7H2,(H2,10,13)(H,11,12). The van der Waals surface area contributed by atoms with E-state index in [1.54, 1.807) is 6.20 Å². The molecule has 0 aliphatic heterocycles. The van der Waals surface area contributed by atoms with Gasteiger partial charge in [-0.15, -0.1) is 0 Å². The second-order valence-corrected chi connectivity index (χ2v) is 2.66. The van der Waals surface area contributed by atoms with Crippen LogP contribution < -0.4 is 11.1 Å². The topological polar surface area (TPSA) is 77.2 Å². The van der Waals surface area contributed by atoms with Gasteiger partial charge < -0.3 is 15.8 Å². The lowest BCUT2D eigenvalue weighted by molar-refractivity contribution is 0.156. The highest BCUT2D eigenvalue weighted by Crippen LogP contribution is 1.99. The highest BCUT2D eigenvalue weighted by Gasteiger charge is 1.93. The van der Waals surface area contributed by atoms with E-state index in [-0.39, 0.29) is 0 Å². The zero-order valence-electron chi connectivity index (χ0n) is 7.77. The molecular formula is C9H13N3O2. The van der Waals surface area contributed by atoms with E-state index in [0.717, 1.165) is 5.82 Å². The summed E-state index contributed by atoms with van der Waals surface area (Å²) in [6.45, 7) is 1.03. The Bertz CT molecular complexity index is 277. The first-order valence-corrected chi connectivity index (χ1v) is 4.36. The van der Waals surface area contributed by atoms with Crippen LogP contribution in [0.1, 0.15) is 6.42 Å². The van der Waals surface area contributed by atoms with E-state index in [1.165, 1.54) is 0 Å². The number of hydrogen-bond donors (Lipinski definition) is 2. The maximum Gasteiger partial charge on any atom is 0.404 e. The largest absolute Gasteiger partial charge is 0.450 e. The van der Waals surface area contributed by atoms with Crippen LogP contribution in [-0.4, -0.2) is 24.2 Å². The van der Waals surface area contributed by atoms with Crippen molar-refractivity contribution in [3.8, 4) is 0 Å². The fourth-order valence-electron chi connectivity index (χ4n) is 0.929. The van der Waals surface area contributed by atoms with Crippen molar-refractivity contribution >= 4 is 11.9 Å². The smallest absolute Gasteiger partial charge is 0.404 e. The van der Waals surface area contributed by atoms with Gasteiger partial charge >= 0.3 is 6.09 Å². The number of carbonyl (C=O) groups excluding carboxylic acids is 1. The highest BCUT2D eigenvalue weighted by atomic mass is 16.5. The second-order valence-electron chi connectivity index (χ2n) is 2.66. The van der Waals surface area contributed by atoms with Gasteiger partial charge in [0.15, 0.2) is 0 Å². The summed E-state index contributed by atoms with van der Waals surface area (Å²) in [5.41, 5.74) is 4.79. The summed E-state index contributed by atoms with van der Waals surface area (Å²) in [7, 11) is 0. The molecule has 0 fully saturated rings. The van der Waals surface area contributed by atoms with Crippen LogP contribution >= 0.6 is 0 Å². The van der Waals surface area contributed by atoms with Gasteiger partial charge in [-0.1, -0.05) is 6.07 Å². The molecule has 0 aliphatic carbocycles. The van der Waals surface area contributed by atoms with Crippen molar-refractivity contribution in [3.63, 3.8) is 0 Å². The van der Waals surface area contributed by atoms with E-state index in [9.17, 15) is 4.79 Å². The first-order chi connectivity index (χ1) is 6.79. The summed E-state index contributed by atoms with van der Waals surface area (Å²) in [6.07, 6.45) is 1.68. The Morgan fingerprint density at radius 3 is 3.07 bits per heavy atom. The molecular weight excluding hydrogens is 182 g/mol. The number of anilines is 1. The van der Waals surface area contributed by atoms with Crippen molar-refractivity contribution in [1.82, 2.24) is 4.98 Å². The maximum absolute atomic E-state index is 10.2. The van der Waals surface area contributed by atoms with E-state index in [1.807, 2.05) is 18.2 Å². The number of nitrogens with one attached hydrogen (secondary N) is 1. The Kier molecular flexibility index (Phi) is 4.26. The van der Waals surface area contributed by atoms with Crippen molar-refractivity contribution in [2.75, 3.05) is 18.5 Å². The van der Waals surface area contributed by atoms with Crippen LogP contribution in [0, 0.1) is 0 Å². The van der Waals surface area contributed by atoms with Crippen LogP contribution in [-0.2, 0) is 4.74 Å². The lowest BCUT2D eigenvalue weighted by atomic mass is 10.4. The van der Waals surface area contributed by atoms with E-state index >= 15 is 0 Å². The molecule has 1 rings (SSSR count). The number of nitrogens with two attached hydrogens (primary N) is 1. The van der Waals surface area contributed by atoms with Gasteiger partial charge in [0.1, 0.15) is 5.82 Å². The van der Waals surface area contributed by atoms with Gasteiger partial charge in [-0.05, 0) is 18.6 Å². The normalized spacial score (nSPS) is 9.43. The van der Waals surface area contributed by atoms with Gasteiger partial charge in [0.25, 0.3) is 0 Å². The van der Waals surface area contributed by atoms with Crippen LogP contribution in [0.4, 0.5) is 10.6 Å². The lowest BCUT2D eigenvalue weighted by Crippen LogP contribution is -2.15. The maximum atomic E-state index is 10.2. The molecule has 0 bridgehead atoms. The number of ether oxygens (including phenoxy) is 1. The molecule has 1 amide bonds.